The molecule has 3 heteroatoms. The first kappa shape index (κ1) is 13.6. The molecule has 1 aromatic heterocycles. The molecule has 2 rings (SSSR count). The zero-order chi connectivity index (χ0) is 13.0. The third kappa shape index (κ3) is 3.35. The molecular weight excluding hydrogens is 222 g/mol. The second kappa shape index (κ2) is 6.37. The summed E-state index contributed by atoms with van der Waals surface area (Å²) in [5, 5.41) is 4.39. The zero-order valence-corrected chi connectivity index (χ0v) is 11.8. The first-order chi connectivity index (χ1) is 8.68. The predicted octanol–water partition coefficient (Wildman–Crippen LogP) is 3.82. The minimum absolute atomic E-state index is 0.151. The Hall–Kier alpha value is -0.830. The highest BCUT2D eigenvalue weighted by atomic mass is 15.3. The van der Waals surface area contributed by atoms with Crippen molar-refractivity contribution in [3.63, 3.8) is 0 Å². The smallest absolute Gasteiger partial charge is 0.0554 e. The normalized spacial score (nSPS) is 20.0. The Morgan fingerprint density at radius 1 is 1.28 bits per heavy atom. The van der Waals surface area contributed by atoms with Gasteiger partial charge in [0.2, 0.25) is 0 Å². The van der Waals surface area contributed by atoms with E-state index in [1.165, 1.54) is 44.2 Å². The SMILES string of the molecule is CC(C)n1nccc1C(N)CC1CCCCCC1. The quantitative estimate of drug-likeness (QED) is 0.824. The van der Waals surface area contributed by atoms with E-state index in [0.717, 1.165) is 12.3 Å². The summed E-state index contributed by atoms with van der Waals surface area (Å²) < 4.78 is 2.07. The number of nitrogens with two attached hydrogens (primary N) is 1. The summed E-state index contributed by atoms with van der Waals surface area (Å²) in [6, 6.07) is 2.63. The molecule has 1 unspecified atom stereocenters. The minimum Gasteiger partial charge on any atom is -0.323 e. The summed E-state index contributed by atoms with van der Waals surface area (Å²) in [4.78, 5) is 0. The van der Waals surface area contributed by atoms with Crippen LogP contribution in [0.2, 0.25) is 0 Å². The second-order valence-corrected chi connectivity index (χ2v) is 5.99. The maximum Gasteiger partial charge on any atom is 0.0554 e. The lowest BCUT2D eigenvalue weighted by molar-refractivity contribution is 0.375. The molecule has 0 amide bonds. The van der Waals surface area contributed by atoms with Gasteiger partial charge in [0.1, 0.15) is 0 Å². The van der Waals surface area contributed by atoms with Gasteiger partial charge >= 0.3 is 0 Å². The van der Waals surface area contributed by atoms with Crippen molar-refractivity contribution < 1.29 is 0 Å². The fourth-order valence-corrected chi connectivity index (χ4v) is 3.13. The Bertz CT molecular complexity index is 348. The van der Waals surface area contributed by atoms with Gasteiger partial charge < -0.3 is 5.73 Å². The largest absolute Gasteiger partial charge is 0.323 e. The summed E-state index contributed by atoms with van der Waals surface area (Å²) in [6.45, 7) is 4.32. The van der Waals surface area contributed by atoms with Crippen LogP contribution < -0.4 is 5.73 Å². The maximum absolute atomic E-state index is 6.40. The van der Waals surface area contributed by atoms with Crippen LogP contribution in [0.15, 0.2) is 12.3 Å². The van der Waals surface area contributed by atoms with Crippen LogP contribution in [-0.4, -0.2) is 9.78 Å². The summed E-state index contributed by atoms with van der Waals surface area (Å²) in [6.07, 6.45) is 11.3. The van der Waals surface area contributed by atoms with Crippen LogP contribution >= 0.6 is 0 Å². The Balaban J connectivity index is 1.97. The lowest BCUT2D eigenvalue weighted by Crippen LogP contribution is -2.20. The molecule has 2 N–H and O–H groups in total. The monoisotopic (exact) mass is 249 g/mol. The van der Waals surface area contributed by atoms with Crippen LogP contribution in [0.4, 0.5) is 0 Å². The molecular formula is C15H27N3. The average Bonchev–Trinajstić information content (AvgIpc) is 2.70. The van der Waals surface area contributed by atoms with Crippen molar-refractivity contribution in [2.24, 2.45) is 11.7 Å². The third-order valence-electron chi connectivity index (χ3n) is 4.13. The summed E-state index contributed by atoms with van der Waals surface area (Å²) in [5.74, 6) is 0.818. The Labute approximate surface area is 111 Å². The van der Waals surface area contributed by atoms with Gasteiger partial charge in [-0.05, 0) is 32.3 Å². The van der Waals surface area contributed by atoms with E-state index in [9.17, 15) is 0 Å². The van der Waals surface area contributed by atoms with Gasteiger partial charge in [-0.15, -0.1) is 0 Å². The van der Waals surface area contributed by atoms with Gasteiger partial charge in [-0.25, -0.2) is 0 Å². The highest BCUT2D eigenvalue weighted by molar-refractivity contribution is 5.07. The van der Waals surface area contributed by atoms with Crippen LogP contribution in [0.25, 0.3) is 0 Å². The van der Waals surface area contributed by atoms with Gasteiger partial charge in [0, 0.05) is 18.3 Å². The van der Waals surface area contributed by atoms with Crippen molar-refractivity contribution in [2.75, 3.05) is 0 Å². The topological polar surface area (TPSA) is 43.8 Å². The number of nitrogens with zero attached hydrogens (tertiary/aromatic N) is 2. The molecule has 18 heavy (non-hydrogen) atoms. The van der Waals surface area contributed by atoms with Gasteiger partial charge in [0.15, 0.2) is 0 Å². The van der Waals surface area contributed by atoms with Crippen molar-refractivity contribution in [1.82, 2.24) is 9.78 Å². The van der Waals surface area contributed by atoms with Crippen molar-refractivity contribution in [2.45, 2.75) is 70.9 Å². The van der Waals surface area contributed by atoms with E-state index in [-0.39, 0.29) is 6.04 Å². The fourth-order valence-electron chi connectivity index (χ4n) is 3.13. The molecule has 0 spiro atoms. The molecule has 0 bridgehead atoms. The predicted molar refractivity (Wildman–Crippen MR) is 75.3 cm³/mol. The zero-order valence-electron chi connectivity index (χ0n) is 11.8. The number of hydrogen-bond acceptors (Lipinski definition) is 2. The van der Waals surface area contributed by atoms with Crippen LogP contribution in [0.1, 0.15) is 76.6 Å². The molecule has 1 aliphatic rings. The van der Waals surface area contributed by atoms with Crippen molar-refractivity contribution >= 4 is 0 Å². The molecule has 0 radical (unpaired) electrons. The van der Waals surface area contributed by atoms with Crippen LogP contribution in [0.5, 0.6) is 0 Å². The van der Waals surface area contributed by atoms with Crippen molar-refractivity contribution in [1.29, 1.82) is 0 Å². The van der Waals surface area contributed by atoms with E-state index < -0.39 is 0 Å². The van der Waals surface area contributed by atoms with Gasteiger partial charge in [-0.1, -0.05) is 38.5 Å². The van der Waals surface area contributed by atoms with Gasteiger partial charge in [0.05, 0.1) is 5.69 Å². The lowest BCUT2D eigenvalue weighted by atomic mass is 9.91. The first-order valence-corrected chi connectivity index (χ1v) is 7.47. The standard InChI is InChI=1S/C15H27N3/c1-12(2)18-15(9-10-17-18)14(16)11-13-7-5-3-4-6-8-13/h9-10,12-14H,3-8,11,16H2,1-2H3. The lowest BCUT2D eigenvalue weighted by Gasteiger charge is -2.21. The molecule has 1 fully saturated rings. The molecule has 1 atom stereocenters. The van der Waals surface area contributed by atoms with E-state index >= 15 is 0 Å². The highest BCUT2D eigenvalue weighted by Gasteiger charge is 2.19. The van der Waals surface area contributed by atoms with E-state index in [0.29, 0.717) is 6.04 Å². The van der Waals surface area contributed by atoms with Crippen LogP contribution in [0.3, 0.4) is 0 Å². The Morgan fingerprint density at radius 2 is 1.94 bits per heavy atom. The number of rotatable bonds is 4. The van der Waals surface area contributed by atoms with Crippen LogP contribution in [0, 0.1) is 5.92 Å². The molecule has 0 saturated heterocycles. The molecule has 102 valence electrons. The molecule has 1 saturated carbocycles. The van der Waals surface area contributed by atoms with Crippen LogP contribution in [-0.2, 0) is 0 Å². The molecule has 0 aromatic carbocycles. The number of hydrogen-bond donors (Lipinski definition) is 1. The first-order valence-electron chi connectivity index (χ1n) is 7.47. The van der Waals surface area contributed by atoms with Gasteiger partial charge in [0.25, 0.3) is 0 Å². The summed E-state index contributed by atoms with van der Waals surface area (Å²) in [5.41, 5.74) is 7.60. The molecule has 1 aliphatic carbocycles. The molecule has 3 nitrogen and oxygen atoms in total. The average molecular weight is 249 g/mol. The van der Waals surface area contributed by atoms with E-state index in [4.69, 9.17) is 5.73 Å². The van der Waals surface area contributed by atoms with Gasteiger partial charge in [-0.3, -0.25) is 4.68 Å². The van der Waals surface area contributed by atoms with E-state index in [1.54, 1.807) is 0 Å². The van der Waals surface area contributed by atoms with Crippen molar-refractivity contribution in [3.05, 3.63) is 18.0 Å². The molecule has 1 heterocycles. The number of aromatic nitrogens is 2. The molecule has 0 aliphatic heterocycles. The van der Waals surface area contributed by atoms with Gasteiger partial charge in [-0.2, -0.15) is 5.10 Å². The minimum atomic E-state index is 0.151. The third-order valence-corrected chi connectivity index (χ3v) is 4.13. The fraction of sp³-hybridized carbons (Fsp3) is 0.800. The summed E-state index contributed by atoms with van der Waals surface area (Å²) in [7, 11) is 0. The summed E-state index contributed by atoms with van der Waals surface area (Å²) >= 11 is 0. The van der Waals surface area contributed by atoms with E-state index in [1.807, 2.05) is 6.20 Å². The Morgan fingerprint density at radius 3 is 2.56 bits per heavy atom. The maximum atomic E-state index is 6.40. The highest BCUT2D eigenvalue weighted by Crippen LogP contribution is 2.30. The second-order valence-electron chi connectivity index (χ2n) is 5.99. The Kier molecular flexibility index (Phi) is 4.81. The molecule has 1 aromatic rings. The van der Waals surface area contributed by atoms with Crippen molar-refractivity contribution in [3.8, 4) is 0 Å². The van der Waals surface area contributed by atoms with E-state index in [2.05, 4.69) is 29.7 Å².